The molecule has 0 heterocycles. The van der Waals surface area contributed by atoms with Gasteiger partial charge in [-0.15, -0.1) is 0 Å². The summed E-state index contributed by atoms with van der Waals surface area (Å²) in [5.41, 5.74) is 0. The van der Waals surface area contributed by atoms with Gasteiger partial charge in [0.1, 0.15) is 0 Å². The maximum absolute atomic E-state index is 10.5. The largest absolute Gasteiger partial charge is 0.481 e. The molecule has 0 aromatic heterocycles. The van der Waals surface area contributed by atoms with Crippen molar-refractivity contribution in [2.75, 3.05) is 13.2 Å². The van der Waals surface area contributed by atoms with Crippen LogP contribution in [0.2, 0.25) is 0 Å². The van der Waals surface area contributed by atoms with Gasteiger partial charge >= 0.3 is 5.97 Å². The Labute approximate surface area is 440 Å². The summed E-state index contributed by atoms with van der Waals surface area (Å²) in [4.78, 5) is 163. The topological polar surface area (TPSA) is 681 Å². The third-order valence-electron chi connectivity index (χ3n) is 0.844. The molecule has 0 aliphatic heterocycles. The molecule has 0 aliphatic rings. The fraction of sp³-hybridized carbons (Fsp3) is 0.550. The van der Waals surface area contributed by atoms with Crippen molar-refractivity contribution in [3.05, 3.63) is 0 Å². The maximum atomic E-state index is 10.5. The molecule has 0 fully saturated rings. The van der Waals surface area contributed by atoms with E-state index in [1.54, 1.807) is 6.92 Å². The molecular formula is C40H80O37. The van der Waals surface area contributed by atoms with Crippen molar-refractivity contribution in [3.8, 4) is 0 Å². The Balaban J connectivity index is -0.0000000301. The number of aliphatic hydroxyl groups excluding tert-OH is 1. The number of hydrogen-bond donors (Lipinski definition) is 18. The first kappa shape index (κ1) is 122. The molecule has 0 bridgehead atoms. The Hall–Kier alpha value is -9.58. The number of aliphatic hydroxyl groups is 1. The number of carbonyl (C=O) groups excluding carboxylic acids is 1. The molecule has 0 aromatic rings. The van der Waals surface area contributed by atoms with Gasteiger partial charge in [0.15, 0.2) is 0 Å². The Morgan fingerprint density at radius 2 is 0.312 bits per heavy atom. The lowest BCUT2D eigenvalue weighted by Gasteiger charge is -1.97. The van der Waals surface area contributed by atoms with Crippen LogP contribution in [0.25, 0.3) is 0 Å². The molecule has 0 unspecified atom stereocenters. The minimum Gasteiger partial charge on any atom is -0.481 e. The molecule has 462 valence electrons. The van der Waals surface area contributed by atoms with Crippen LogP contribution in [0.1, 0.15) is 137 Å². The summed E-state index contributed by atoms with van der Waals surface area (Å²) in [6.45, 7) is 20.7. The number of carboxylic acids is 17. The Bertz CT molecular complexity index is 1060. The molecule has 0 aromatic carbocycles. The molecule has 0 rings (SSSR count). The predicted molar refractivity (Wildman–Crippen MR) is 259 cm³/mol. The van der Waals surface area contributed by atoms with Gasteiger partial charge in [0.25, 0.3) is 101 Å². The van der Waals surface area contributed by atoms with Crippen LogP contribution >= 0.6 is 0 Å². The zero-order valence-electron chi connectivity index (χ0n) is 45.6. The second-order valence-electron chi connectivity index (χ2n) is 10.5. The first-order valence-electron chi connectivity index (χ1n) is 18.8. The van der Waals surface area contributed by atoms with Crippen LogP contribution in [0.4, 0.5) is 0 Å². The first-order chi connectivity index (χ1) is 33.8. The van der Waals surface area contributed by atoms with E-state index < -0.39 is 101 Å². The van der Waals surface area contributed by atoms with Crippen LogP contribution < -0.4 is 0 Å². The van der Waals surface area contributed by atoms with E-state index >= 15 is 0 Å². The standard InChI is InChI=1S/C6H12O3.17C2H4O2/c1-2-9-6(8)4-3-5-7;17*1-2(3)4/h7H,2-5H2,1H3;17*1H3,(H,3,4). The summed E-state index contributed by atoms with van der Waals surface area (Å²) in [7, 11) is 0. The molecule has 0 saturated carbocycles. The maximum Gasteiger partial charge on any atom is 0.305 e. The predicted octanol–water partition coefficient (Wildman–Crippen LogP) is 1.87. The number of rotatable bonds is 4. The molecule has 18 N–H and O–H groups in total. The van der Waals surface area contributed by atoms with Gasteiger partial charge in [-0.2, -0.15) is 0 Å². The second kappa shape index (κ2) is 116. The molecular weight excluding hydrogens is 1070 g/mol. The third kappa shape index (κ3) is 41400. The Morgan fingerprint density at radius 3 is 0.364 bits per heavy atom. The molecule has 0 spiro atoms. The van der Waals surface area contributed by atoms with Crippen LogP contribution in [0.15, 0.2) is 0 Å². The van der Waals surface area contributed by atoms with Gasteiger partial charge in [-0.1, -0.05) is 0 Å². The normalized spacial score (nSPS) is 6.58. The second-order valence-corrected chi connectivity index (χ2v) is 10.5. The van der Waals surface area contributed by atoms with Gasteiger partial charge in [0.05, 0.1) is 6.61 Å². The highest BCUT2D eigenvalue weighted by atomic mass is 16.5. The summed E-state index contributed by atoms with van der Waals surface area (Å²) in [5.74, 6) is -14.4. The van der Waals surface area contributed by atoms with E-state index in [4.69, 9.17) is 173 Å². The molecule has 77 heavy (non-hydrogen) atoms. The lowest BCUT2D eigenvalue weighted by Crippen LogP contribution is -2.03. The SMILES string of the molecule is CC(=O)O.CC(=O)O.CC(=O)O.CC(=O)O.CC(=O)O.CC(=O)O.CC(=O)O.CC(=O)O.CC(=O)O.CC(=O)O.CC(=O)O.CC(=O)O.CC(=O)O.CC(=O)O.CC(=O)O.CC(=O)O.CC(=O)O.CCOC(=O)CCCO. The molecule has 0 saturated heterocycles. The summed E-state index contributed by atoms with van der Waals surface area (Å²) in [6, 6.07) is 0. The summed E-state index contributed by atoms with van der Waals surface area (Å²) in [5, 5.41) is 134. The lowest BCUT2D eigenvalue weighted by molar-refractivity contribution is -0.144. The van der Waals surface area contributed by atoms with Crippen molar-refractivity contribution in [3.63, 3.8) is 0 Å². The minimum atomic E-state index is -0.833. The monoisotopic (exact) mass is 1150 g/mol. The van der Waals surface area contributed by atoms with Gasteiger partial charge in [-0.25, -0.2) is 0 Å². The smallest absolute Gasteiger partial charge is 0.305 e. The summed E-state index contributed by atoms with van der Waals surface area (Å²) >= 11 is 0. The Morgan fingerprint density at radius 1 is 0.234 bits per heavy atom. The van der Waals surface area contributed by atoms with Crippen LogP contribution in [0.5, 0.6) is 0 Å². The molecule has 0 aliphatic carbocycles. The summed E-state index contributed by atoms with van der Waals surface area (Å²) < 4.78 is 4.59. The van der Waals surface area contributed by atoms with E-state index in [0.29, 0.717) is 19.4 Å². The molecule has 37 nitrogen and oxygen atoms in total. The van der Waals surface area contributed by atoms with Crippen molar-refractivity contribution in [2.24, 2.45) is 0 Å². The molecule has 0 radical (unpaired) electrons. The average Bonchev–Trinajstić information content (AvgIpc) is 3.03. The fourth-order valence-corrected chi connectivity index (χ4v) is 0.457. The number of esters is 1. The van der Waals surface area contributed by atoms with Crippen molar-refractivity contribution < 1.29 is 183 Å². The van der Waals surface area contributed by atoms with Crippen LogP contribution in [0.3, 0.4) is 0 Å². The van der Waals surface area contributed by atoms with Gasteiger partial charge in [-0.3, -0.25) is 86.3 Å². The minimum absolute atomic E-state index is 0.0544. The van der Waals surface area contributed by atoms with Crippen molar-refractivity contribution in [2.45, 2.75) is 137 Å². The molecule has 0 amide bonds. The molecule has 37 heteroatoms. The van der Waals surface area contributed by atoms with Crippen molar-refractivity contribution in [1.29, 1.82) is 0 Å². The first-order valence-corrected chi connectivity index (χ1v) is 18.8. The van der Waals surface area contributed by atoms with Crippen LogP contribution in [0, 0.1) is 0 Å². The van der Waals surface area contributed by atoms with Crippen LogP contribution in [-0.4, -0.2) is 213 Å². The van der Waals surface area contributed by atoms with Crippen LogP contribution in [-0.2, 0) is 91.0 Å². The number of aliphatic carboxylic acids is 17. The zero-order chi connectivity index (χ0) is 67.9. The van der Waals surface area contributed by atoms with Gasteiger partial charge in [-0.05, 0) is 13.3 Å². The third-order valence-corrected chi connectivity index (χ3v) is 0.844. The van der Waals surface area contributed by atoms with E-state index in [1.807, 2.05) is 0 Å². The highest BCUT2D eigenvalue weighted by Gasteiger charge is 1.98. The highest BCUT2D eigenvalue weighted by Crippen LogP contribution is 1.90. The molecule has 0 atom stereocenters. The van der Waals surface area contributed by atoms with E-state index in [-0.39, 0.29) is 12.6 Å². The zero-order valence-corrected chi connectivity index (χ0v) is 45.6. The Kier molecular flexibility index (Phi) is 184. The fourth-order valence-electron chi connectivity index (χ4n) is 0.457. The summed E-state index contributed by atoms with van der Waals surface area (Å²) in [6.07, 6.45) is 0.823. The van der Waals surface area contributed by atoms with E-state index in [9.17, 15) is 4.79 Å². The quantitative estimate of drug-likeness (QED) is 0.179. The van der Waals surface area contributed by atoms with E-state index in [2.05, 4.69) is 4.74 Å². The number of carbonyl (C=O) groups is 18. The number of hydrogen-bond acceptors (Lipinski definition) is 20. The van der Waals surface area contributed by atoms with Crippen molar-refractivity contribution >= 4 is 107 Å². The van der Waals surface area contributed by atoms with Gasteiger partial charge in [0.2, 0.25) is 0 Å². The number of ether oxygens (including phenoxy) is 1. The van der Waals surface area contributed by atoms with Gasteiger partial charge < -0.3 is 96.7 Å². The lowest BCUT2D eigenvalue weighted by atomic mass is 10.3. The highest BCUT2D eigenvalue weighted by molar-refractivity contribution is 5.69. The van der Waals surface area contributed by atoms with Crippen molar-refractivity contribution in [1.82, 2.24) is 0 Å². The van der Waals surface area contributed by atoms with Gasteiger partial charge in [0, 0.05) is 131 Å². The van der Waals surface area contributed by atoms with E-state index in [0.717, 1.165) is 118 Å². The number of carboxylic acid groups (broad SMARTS) is 17. The average molecular weight is 1150 g/mol. The van der Waals surface area contributed by atoms with E-state index in [1.165, 1.54) is 0 Å².